The normalized spacial score (nSPS) is 12.3. The van der Waals surface area contributed by atoms with Crippen molar-refractivity contribution >= 4 is 5.82 Å². The third kappa shape index (κ3) is 3.71. The number of aliphatic hydroxyl groups excluding tert-OH is 1. The Hall–Kier alpha value is -1.36. The van der Waals surface area contributed by atoms with Gasteiger partial charge in [0.25, 0.3) is 0 Å². The minimum atomic E-state index is -0.396. The van der Waals surface area contributed by atoms with Gasteiger partial charge >= 0.3 is 0 Å². The Morgan fingerprint density at radius 2 is 2.27 bits per heavy atom. The summed E-state index contributed by atoms with van der Waals surface area (Å²) in [6.07, 6.45) is 2.82. The van der Waals surface area contributed by atoms with E-state index in [1.54, 1.807) is 19.3 Å². The molecular weight excluding hydrogens is 194 g/mol. The highest BCUT2D eigenvalue weighted by Gasteiger charge is 2.07. The fourth-order valence-electron chi connectivity index (χ4n) is 1.23. The van der Waals surface area contributed by atoms with E-state index in [9.17, 15) is 5.11 Å². The molecule has 0 spiro atoms. The summed E-state index contributed by atoms with van der Waals surface area (Å²) < 4.78 is 5.24. The van der Waals surface area contributed by atoms with Crippen LogP contribution in [0.5, 0.6) is 5.88 Å². The summed E-state index contributed by atoms with van der Waals surface area (Å²) in [6, 6.07) is 0. The van der Waals surface area contributed by atoms with Gasteiger partial charge in [-0.15, -0.1) is 0 Å². The summed E-state index contributed by atoms with van der Waals surface area (Å²) in [7, 11) is 1.85. The molecular formula is C10H17N3O2. The highest BCUT2D eigenvalue weighted by Crippen LogP contribution is 2.12. The zero-order valence-electron chi connectivity index (χ0n) is 9.34. The molecule has 15 heavy (non-hydrogen) atoms. The van der Waals surface area contributed by atoms with Crippen molar-refractivity contribution in [2.75, 3.05) is 25.1 Å². The molecule has 1 aromatic heterocycles. The van der Waals surface area contributed by atoms with Crippen LogP contribution in [0.1, 0.15) is 13.8 Å². The highest BCUT2D eigenvalue weighted by molar-refractivity contribution is 5.36. The predicted molar refractivity (Wildman–Crippen MR) is 58.2 cm³/mol. The summed E-state index contributed by atoms with van der Waals surface area (Å²) in [4.78, 5) is 10.1. The van der Waals surface area contributed by atoms with E-state index in [0.29, 0.717) is 24.8 Å². The molecule has 0 aliphatic carbocycles. The smallest absolute Gasteiger partial charge is 0.234 e. The van der Waals surface area contributed by atoms with Gasteiger partial charge in [-0.1, -0.05) is 0 Å². The fraction of sp³-hybridized carbons (Fsp3) is 0.600. The molecule has 0 radical (unpaired) electrons. The van der Waals surface area contributed by atoms with Crippen LogP contribution in [-0.4, -0.2) is 41.4 Å². The van der Waals surface area contributed by atoms with Gasteiger partial charge in [-0.25, -0.2) is 0 Å². The number of ether oxygens (including phenoxy) is 1. The molecule has 0 saturated carbocycles. The fourth-order valence-corrected chi connectivity index (χ4v) is 1.23. The zero-order valence-corrected chi connectivity index (χ0v) is 9.34. The molecule has 0 aliphatic rings. The standard InChI is InChI=1S/C10H17N3O2/c1-4-15-10-6-11-5-9(12-10)13(3)7-8(2)14/h5-6,8,14H,4,7H2,1-3H3/t8-/m1/s1. The molecule has 0 amide bonds. The van der Waals surface area contributed by atoms with Crippen molar-refractivity contribution in [2.24, 2.45) is 0 Å². The topological polar surface area (TPSA) is 58.5 Å². The van der Waals surface area contributed by atoms with Crippen LogP contribution in [0.15, 0.2) is 12.4 Å². The van der Waals surface area contributed by atoms with Crippen LogP contribution < -0.4 is 9.64 Å². The first-order valence-electron chi connectivity index (χ1n) is 4.97. The molecule has 0 aromatic carbocycles. The van der Waals surface area contributed by atoms with E-state index >= 15 is 0 Å². The van der Waals surface area contributed by atoms with Gasteiger partial charge in [0.05, 0.1) is 25.1 Å². The molecule has 84 valence electrons. The van der Waals surface area contributed by atoms with Gasteiger partial charge in [0.1, 0.15) is 0 Å². The second-order valence-corrected chi connectivity index (χ2v) is 3.38. The van der Waals surface area contributed by atoms with Gasteiger partial charge in [0.2, 0.25) is 5.88 Å². The average Bonchev–Trinajstić information content (AvgIpc) is 2.17. The second kappa shape index (κ2) is 5.50. The molecule has 1 N–H and O–H groups in total. The van der Waals surface area contributed by atoms with Crippen molar-refractivity contribution in [1.82, 2.24) is 9.97 Å². The summed E-state index contributed by atoms with van der Waals surface area (Å²) in [6.45, 7) is 4.71. The van der Waals surface area contributed by atoms with Crippen molar-refractivity contribution in [3.8, 4) is 5.88 Å². The number of rotatable bonds is 5. The molecule has 0 unspecified atom stereocenters. The molecule has 5 heteroatoms. The van der Waals surface area contributed by atoms with E-state index in [0.717, 1.165) is 0 Å². The number of aromatic nitrogens is 2. The summed E-state index contributed by atoms with van der Waals surface area (Å²) >= 11 is 0. The van der Waals surface area contributed by atoms with E-state index in [2.05, 4.69) is 9.97 Å². The van der Waals surface area contributed by atoms with Crippen LogP contribution in [0, 0.1) is 0 Å². The lowest BCUT2D eigenvalue weighted by Crippen LogP contribution is -2.27. The Morgan fingerprint density at radius 3 is 2.87 bits per heavy atom. The van der Waals surface area contributed by atoms with E-state index in [1.165, 1.54) is 0 Å². The first-order chi connectivity index (χ1) is 7.13. The van der Waals surface area contributed by atoms with Crippen molar-refractivity contribution in [2.45, 2.75) is 20.0 Å². The minimum Gasteiger partial charge on any atom is -0.477 e. The molecule has 0 bridgehead atoms. The minimum absolute atomic E-state index is 0.396. The lowest BCUT2D eigenvalue weighted by molar-refractivity contribution is 0.201. The third-order valence-electron chi connectivity index (χ3n) is 1.82. The Bertz CT molecular complexity index is 304. The summed E-state index contributed by atoms with van der Waals surface area (Å²) in [5, 5.41) is 9.24. The van der Waals surface area contributed by atoms with Crippen molar-refractivity contribution < 1.29 is 9.84 Å². The van der Waals surface area contributed by atoms with E-state index in [4.69, 9.17) is 4.74 Å². The van der Waals surface area contributed by atoms with Crippen molar-refractivity contribution in [3.63, 3.8) is 0 Å². The van der Waals surface area contributed by atoms with Crippen LogP contribution in [0.2, 0.25) is 0 Å². The van der Waals surface area contributed by atoms with Gasteiger partial charge in [-0.3, -0.25) is 4.98 Å². The van der Waals surface area contributed by atoms with Gasteiger partial charge < -0.3 is 14.7 Å². The molecule has 1 atom stereocenters. The van der Waals surface area contributed by atoms with Crippen molar-refractivity contribution in [1.29, 1.82) is 0 Å². The molecule has 0 saturated heterocycles. The van der Waals surface area contributed by atoms with Crippen LogP contribution in [0.25, 0.3) is 0 Å². The number of hydrogen-bond donors (Lipinski definition) is 1. The first kappa shape index (κ1) is 11.7. The molecule has 0 fully saturated rings. The number of likely N-dealkylation sites (N-methyl/N-ethyl adjacent to an activating group) is 1. The van der Waals surface area contributed by atoms with E-state index in [-0.39, 0.29) is 0 Å². The van der Waals surface area contributed by atoms with Gasteiger partial charge in [-0.2, -0.15) is 4.98 Å². The maximum absolute atomic E-state index is 9.24. The Morgan fingerprint density at radius 1 is 1.53 bits per heavy atom. The monoisotopic (exact) mass is 211 g/mol. The molecule has 1 aromatic rings. The van der Waals surface area contributed by atoms with Crippen LogP contribution in [0.4, 0.5) is 5.82 Å². The first-order valence-corrected chi connectivity index (χ1v) is 4.97. The van der Waals surface area contributed by atoms with Crippen LogP contribution in [-0.2, 0) is 0 Å². The van der Waals surface area contributed by atoms with Gasteiger partial charge in [-0.05, 0) is 13.8 Å². The largest absolute Gasteiger partial charge is 0.477 e. The second-order valence-electron chi connectivity index (χ2n) is 3.38. The predicted octanol–water partition coefficient (Wildman–Crippen LogP) is 0.692. The maximum atomic E-state index is 9.24. The van der Waals surface area contributed by atoms with Gasteiger partial charge in [0.15, 0.2) is 5.82 Å². The Kier molecular flexibility index (Phi) is 4.30. The highest BCUT2D eigenvalue weighted by atomic mass is 16.5. The Balaban J connectivity index is 2.71. The summed E-state index contributed by atoms with van der Waals surface area (Å²) in [5.41, 5.74) is 0. The summed E-state index contributed by atoms with van der Waals surface area (Å²) in [5.74, 6) is 1.20. The number of nitrogens with zero attached hydrogens (tertiary/aromatic N) is 3. The van der Waals surface area contributed by atoms with E-state index in [1.807, 2.05) is 18.9 Å². The quantitative estimate of drug-likeness (QED) is 0.776. The number of anilines is 1. The Labute approximate surface area is 89.7 Å². The lowest BCUT2D eigenvalue weighted by atomic mass is 10.4. The molecule has 5 nitrogen and oxygen atoms in total. The maximum Gasteiger partial charge on any atom is 0.234 e. The van der Waals surface area contributed by atoms with Gasteiger partial charge in [0, 0.05) is 13.6 Å². The number of hydrogen-bond acceptors (Lipinski definition) is 5. The third-order valence-corrected chi connectivity index (χ3v) is 1.82. The average molecular weight is 211 g/mol. The van der Waals surface area contributed by atoms with Crippen LogP contribution in [0.3, 0.4) is 0 Å². The van der Waals surface area contributed by atoms with Crippen molar-refractivity contribution in [3.05, 3.63) is 12.4 Å². The van der Waals surface area contributed by atoms with Crippen LogP contribution >= 0.6 is 0 Å². The molecule has 0 aliphatic heterocycles. The molecule has 1 rings (SSSR count). The molecule has 1 heterocycles. The lowest BCUT2D eigenvalue weighted by Gasteiger charge is -2.19. The number of aliphatic hydroxyl groups is 1. The van der Waals surface area contributed by atoms with E-state index < -0.39 is 6.10 Å². The zero-order chi connectivity index (χ0) is 11.3. The SMILES string of the molecule is CCOc1cncc(N(C)C[C@@H](C)O)n1.